The summed E-state index contributed by atoms with van der Waals surface area (Å²) in [5.41, 5.74) is 0. The van der Waals surface area contributed by atoms with Crippen molar-refractivity contribution in [3.05, 3.63) is 0 Å². The Morgan fingerprint density at radius 3 is 2.75 bits per heavy atom. The van der Waals surface area contributed by atoms with Gasteiger partial charge >= 0.3 is 5.97 Å². The maximum absolute atomic E-state index is 11.1. The normalized spacial score (nSPS) is 31.8. The molecule has 0 aromatic rings. The van der Waals surface area contributed by atoms with Gasteiger partial charge in [-0.15, -0.1) is 0 Å². The van der Waals surface area contributed by atoms with Crippen molar-refractivity contribution in [3.8, 4) is 0 Å². The Balaban J connectivity index is 1.80. The SMILES string of the molecule is CC(NC1CCOC1=O)C1CC1. The first kappa shape index (κ1) is 8.05. The molecule has 1 saturated carbocycles. The van der Waals surface area contributed by atoms with Crippen molar-refractivity contribution in [2.24, 2.45) is 5.92 Å². The second-order valence-electron chi connectivity index (χ2n) is 3.80. The van der Waals surface area contributed by atoms with Gasteiger partial charge in [0.05, 0.1) is 6.61 Å². The average Bonchev–Trinajstić information content (AvgIpc) is 2.80. The minimum absolute atomic E-state index is 0.0272. The van der Waals surface area contributed by atoms with Gasteiger partial charge in [0.2, 0.25) is 0 Å². The van der Waals surface area contributed by atoms with E-state index in [1.165, 1.54) is 12.8 Å². The van der Waals surface area contributed by atoms with Crippen LogP contribution in [0.5, 0.6) is 0 Å². The summed E-state index contributed by atoms with van der Waals surface area (Å²) in [5.74, 6) is 0.737. The van der Waals surface area contributed by atoms with E-state index < -0.39 is 0 Å². The first-order chi connectivity index (χ1) is 5.77. The molecular weight excluding hydrogens is 154 g/mol. The number of rotatable bonds is 3. The van der Waals surface area contributed by atoms with Crippen molar-refractivity contribution in [2.45, 2.75) is 38.3 Å². The molecule has 1 saturated heterocycles. The third-order valence-electron chi connectivity index (χ3n) is 2.73. The monoisotopic (exact) mass is 169 g/mol. The highest BCUT2D eigenvalue weighted by Gasteiger charge is 2.33. The molecule has 2 rings (SSSR count). The number of carbonyl (C=O) groups excluding carboxylic acids is 1. The highest BCUT2D eigenvalue weighted by Crippen LogP contribution is 2.32. The van der Waals surface area contributed by atoms with Crippen molar-refractivity contribution in [1.29, 1.82) is 0 Å². The summed E-state index contributed by atoms with van der Waals surface area (Å²) in [6.07, 6.45) is 3.47. The van der Waals surface area contributed by atoms with E-state index in [0.29, 0.717) is 12.6 Å². The molecule has 12 heavy (non-hydrogen) atoms. The van der Waals surface area contributed by atoms with Crippen LogP contribution in [0.1, 0.15) is 26.2 Å². The van der Waals surface area contributed by atoms with Crippen molar-refractivity contribution >= 4 is 5.97 Å². The van der Waals surface area contributed by atoms with Gasteiger partial charge in [0, 0.05) is 12.5 Å². The van der Waals surface area contributed by atoms with E-state index in [1.54, 1.807) is 0 Å². The van der Waals surface area contributed by atoms with Crippen LogP contribution in [0.2, 0.25) is 0 Å². The molecule has 1 aliphatic carbocycles. The van der Waals surface area contributed by atoms with Crippen molar-refractivity contribution in [2.75, 3.05) is 6.61 Å². The Bertz CT molecular complexity index is 189. The lowest BCUT2D eigenvalue weighted by molar-refractivity contribution is -0.139. The predicted octanol–water partition coefficient (Wildman–Crippen LogP) is 0.690. The van der Waals surface area contributed by atoms with E-state index in [9.17, 15) is 4.79 Å². The van der Waals surface area contributed by atoms with Gasteiger partial charge in [-0.2, -0.15) is 0 Å². The molecule has 3 heteroatoms. The van der Waals surface area contributed by atoms with Crippen LogP contribution in [0.25, 0.3) is 0 Å². The zero-order chi connectivity index (χ0) is 8.55. The number of carbonyl (C=O) groups is 1. The highest BCUT2D eigenvalue weighted by atomic mass is 16.5. The molecule has 0 bridgehead atoms. The molecule has 0 spiro atoms. The summed E-state index contributed by atoms with van der Waals surface area (Å²) in [6, 6.07) is 0.459. The fourth-order valence-electron chi connectivity index (χ4n) is 1.70. The lowest BCUT2D eigenvalue weighted by Gasteiger charge is -2.15. The second-order valence-corrected chi connectivity index (χ2v) is 3.80. The minimum Gasteiger partial charge on any atom is -0.464 e. The first-order valence-corrected chi connectivity index (χ1v) is 4.70. The maximum atomic E-state index is 11.1. The van der Waals surface area contributed by atoms with Gasteiger partial charge in [-0.25, -0.2) is 0 Å². The van der Waals surface area contributed by atoms with Crippen LogP contribution < -0.4 is 5.32 Å². The van der Waals surface area contributed by atoms with Gasteiger partial charge in [-0.1, -0.05) is 0 Å². The zero-order valence-electron chi connectivity index (χ0n) is 7.38. The number of nitrogens with one attached hydrogen (secondary N) is 1. The van der Waals surface area contributed by atoms with Gasteiger partial charge in [0.15, 0.2) is 0 Å². The molecule has 68 valence electrons. The van der Waals surface area contributed by atoms with Crippen molar-refractivity contribution < 1.29 is 9.53 Å². The molecule has 2 fully saturated rings. The second kappa shape index (κ2) is 3.05. The van der Waals surface area contributed by atoms with E-state index in [1.807, 2.05) is 0 Å². The third-order valence-corrected chi connectivity index (χ3v) is 2.73. The van der Waals surface area contributed by atoms with Crippen LogP contribution in [0.3, 0.4) is 0 Å². The standard InChI is InChI=1S/C9H15NO2/c1-6(7-2-3-7)10-8-4-5-12-9(8)11/h6-8,10H,2-5H2,1H3. The van der Waals surface area contributed by atoms with E-state index in [0.717, 1.165) is 12.3 Å². The maximum Gasteiger partial charge on any atom is 0.323 e. The number of cyclic esters (lactones) is 1. The number of ether oxygens (including phenoxy) is 1. The predicted molar refractivity (Wildman–Crippen MR) is 44.7 cm³/mol. The van der Waals surface area contributed by atoms with Crippen molar-refractivity contribution in [3.63, 3.8) is 0 Å². The minimum atomic E-state index is -0.0671. The Morgan fingerprint density at radius 2 is 2.25 bits per heavy atom. The molecule has 2 unspecified atom stereocenters. The zero-order valence-corrected chi connectivity index (χ0v) is 7.38. The van der Waals surface area contributed by atoms with Gasteiger partial charge < -0.3 is 10.1 Å². The number of esters is 1. The fourth-order valence-corrected chi connectivity index (χ4v) is 1.70. The molecule has 2 aliphatic rings. The molecule has 0 amide bonds. The number of hydrogen-bond acceptors (Lipinski definition) is 3. The topological polar surface area (TPSA) is 38.3 Å². The Morgan fingerprint density at radius 1 is 1.50 bits per heavy atom. The fraction of sp³-hybridized carbons (Fsp3) is 0.889. The summed E-state index contributed by atoms with van der Waals surface area (Å²) in [5, 5.41) is 3.32. The molecule has 0 aromatic heterocycles. The van der Waals surface area contributed by atoms with Crippen LogP contribution in [0.4, 0.5) is 0 Å². The Labute approximate surface area is 72.5 Å². The van der Waals surface area contributed by atoms with Gasteiger partial charge in [-0.3, -0.25) is 4.79 Å². The Kier molecular flexibility index (Phi) is 2.05. The summed E-state index contributed by atoms with van der Waals surface area (Å²) in [6.45, 7) is 2.75. The molecule has 1 heterocycles. The lowest BCUT2D eigenvalue weighted by atomic mass is 10.1. The molecule has 0 radical (unpaired) electrons. The van der Waals surface area contributed by atoms with Gasteiger partial charge in [0.1, 0.15) is 6.04 Å². The molecule has 3 nitrogen and oxygen atoms in total. The average molecular weight is 169 g/mol. The Hall–Kier alpha value is -0.570. The summed E-state index contributed by atoms with van der Waals surface area (Å²) in [4.78, 5) is 11.1. The summed E-state index contributed by atoms with van der Waals surface area (Å²) in [7, 11) is 0. The van der Waals surface area contributed by atoms with Gasteiger partial charge in [-0.05, 0) is 25.7 Å². The first-order valence-electron chi connectivity index (χ1n) is 4.70. The van der Waals surface area contributed by atoms with E-state index in [4.69, 9.17) is 4.74 Å². The summed E-state index contributed by atoms with van der Waals surface area (Å²) < 4.78 is 4.87. The largest absolute Gasteiger partial charge is 0.464 e. The molecular formula is C9H15NO2. The highest BCUT2D eigenvalue weighted by molar-refractivity contribution is 5.77. The quantitative estimate of drug-likeness (QED) is 0.632. The number of hydrogen-bond donors (Lipinski definition) is 1. The van der Waals surface area contributed by atoms with E-state index in [-0.39, 0.29) is 12.0 Å². The van der Waals surface area contributed by atoms with Crippen LogP contribution in [0, 0.1) is 5.92 Å². The van der Waals surface area contributed by atoms with Crippen molar-refractivity contribution in [1.82, 2.24) is 5.32 Å². The smallest absolute Gasteiger partial charge is 0.323 e. The van der Waals surface area contributed by atoms with Crippen LogP contribution in [0.15, 0.2) is 0 Å². The van der Waals surface area contributed by atoms with E-state index >= 15 is 0 Å². The molecule has 0 aromatic carbocycles. The molecule has 1 aliphatic heterocycles. The third kappa shape index (κ3) is 1.61. The lowest BCUT2D eigenvalue weighted by Crippen LogP contribution is -2.40. The molecule has 1 N–H and O–H groups in total. The van der Waals surface area contributed by atoms with E-state index in [2.05, 4.69) is 12.2 Å². The van der Waals surface area contributed by atoms with Crippen LogP contribution >= 0.6 is 0 Å². The molecule has 2 atom stereocenters. The summed E-state index contributed by atoms with van der Waals surface area (Å²) >= 11 is 0. The van der Waals surface area contributed by atoms with Gasteiger partial charge in [0.25, 0.3) is 0 Å². The van der Waals surface area contributed by atoms with Crippen LogP contribution in [-0.2, 0) is 9.53 Å². The van der Waals surface area contributed by atoms with Crippen LogP contribution in [-0.4, -0.2) is 24.7 Å².